The maximum absolute atomic E-state index is 13.7. The van der Waals surface area contributed by atoms with Crippen molar-refractivity contribution in [3.05, 3.63) is 27.4 Å². The minimum absolute atomic E-state index is 0.0451. The Morgan fingerprint density at radius 1 is 1.19 bits per heavy atom. The van der Waals surface area contributed by atoms with Crippen LogP contribution >= 0.6 is 0 Å². The number of aromatic nitrogens is 2. The van der Waals surface area contributed by atoms with Gasteiger partial charge in [-0.05, 0) is 58.5 Å². The first kappa shape index (κ1) is 21.1. The van der Waals surface area contributed by atoms with Gasteiger partial charge in [-0.25, -0.2) is 14.2 Å². The van der Waals surface area contributed by atoms with Gasteiger partial charge in [-0.3, -0.25) is 0 Å². The van der Waals surface area contributed by atoms with E-state index in [1.165, 1.54) is 5.71 Å². The van der Waals surface area contributed by atoms with E-state index in [0.29, 0.717) is 31.2 Å². The van der Waals surface area contributed by atoms with Crippen molar-refractivity contribution in [2.24, 2.45) is 17.0 Å². The Balaban J connectivity index is 1.18. The van der Waals surface area contributed by atoms with Crippen LogP contribution in [0.1, 0.15) is 68.1 Å². The molecule has 1 aliphatic carbocycles. The largest absolute Gasteiger partial charge is 0.434 e. The van der Waals surface area contributed by atoms with Crippen LogP contribution in [0.2, 0.25) is 0 Å². The van der Waals surface area contributed by atoms with Gasteiger partial charge >= 0.3 is 11.4 Å². The van der Waals surface area contributed by atoms with Gasteiger partial charge in [0.1, 0.15) is 18.0 Å². The lowest BCUT2D eigenvalue weighted by atomic mass is 9.76. The number of piperidine rings is 1. The van der Waals surface area contributed by atoms with Gasteiger partial charge in [0.15, 0.2) is 0 Å². The van der Waals surface area contributed by atoms with Crippen LogP contribution in [0.25, 0.3) is 0 Å². The predicted molar refractivity (Wildman–Crippen MR) is 115 cm³/mol. The molecule has 3 aliphatic heterocycles. The third-order valence-corrected chi connectivity index (χ3v) is 7.85. The number of hydrogen-bond acceptors (Lipinski definition) is 4. The fourth-order valence-corrected chi connectivity index (χ4v) is 5.98. The summed E-state index contributed by atoms with van der Waals surface area (Å²) >= 11 is 0. The molecule has 1 saturated carbocycles. The summed E-state index contributed by atoms with van der Waals surface area (Å²) in [6, 6.07) is 0. The summed E-state index contributed by atoms with van der Waals surface area (Å²) in [4.78, 5) is 24.4. The highest BCUT2D eigenvalue weighted by Crippen LogP contribution is 2.38. The Kier molecular flexibility index (Phi) is 5.86. The average Bonchev–Trinajstić information content (AvgIpc) is 3.18. The quantitative estimate of drug-likeness (QED) is 0.676. The molecule has 3 N–H and O–H groups in total. The molecule has 0 spiro atoms. The summed E-state index contributed by atoms with van der Waals surface area (Å²) in [5.41, 5.74) is 3.04. The van der Waals surface area contributed by atoms with Crippen molar-refractivity contribution in [2.75, 3.05) is 19.6 Å². The second-order valence-corrected chi connectivity index (χ2v) is 9.81. The van der Waals surface area contributed by atoms with Crippen molar-refractivity contribution in [1.29, 1.82) is 0 Å². The van der Waals surface area contributed by atoms with Gasteiger partial charge in [-0.15, -0.1) is 0 Å². The smallest absolute Gasteiger partial charge is 0.341 e. The molecule has 5 rings (SSSR count). The molecule has 2 fully saturated rings. The van der Waals surface area contributed by atoms with Gasteiger partial charge < -0.3 is 14.8 Å². The van der Waals surface area contributed by atoms with Crippen LogP contribution in [0.3, 0.4) is 0 Å². The number of H-pyrrole nitrogens is 1. The first-order valence-corrected chi connectivity index (χ1v) is 12.0. The Morgan fingerprint density at radius 3 is 2.81 bits per heavy atom. The summed E-state index contributed by atoms with van der Waals surface area (Å²) in [5, 5.41) is 12.6. The summed E-state index contributed by atoms with van der Waals surface area (Å²) in [7, 11) is 0. The fraction of sp³-hybridized carbons (Fsp3) is 0.783. The van der Waals surface area contributed by atoms with Crippen molar-refractivity contribution in [3.8, 4) is 0 Å². The minimum atomic E-state index is -0.738. The Labute approximate surface area is 182 Å². The van der Waals surface area contributed by atoms with Gasteiger partial charge in [0, 0.05) is 31.2 Å². The molecule has 0 amide bonds. The van der Waals surface area contributed by atoms with Crippen molar-refractivity contribution in [3.63, 3.8) is 0 Å². The molecule has 4 heterocycles. The van der Waals surface area contributed by atoms with Crippen LogP contribution in [-0.2, 0) is 17.8 Å². The van der Waals surface area contributed by atoms with E-state index >= 15 is 0 Å². The Bertz CT molecular complexity index is 909. The van der Waals surface area contributed by atoms with E-state index in [1.54, 1.807) is 4.57 Å². The normalized spacial score (nSPS) is 31.6. The molecule has 8 heteroatoms. The van der Waals surface area contributed by atoms with E-state index in [0.717, 1.165) is 75.2 Å². The first-order chi connectivity index (χ1) is 15.0. The van der Waals surface area contributed by atoms with Crippen molar-refractivity contribution < 1.29 is 19.3 Å². The van der Waals surface area contributed by atoms with Crippen molar-refractivity contribution in [1.82, 2.24) is 9.47 Å². The average molecular weight is 435 g/mol. The number of aryl methyl sites for hydroxylation is 1. The number of nitrogens with one attached hydrogen (secondary N) is 1. The van der Waals surface area contributed by atoms with Crippen LogP contribution in [0.5, 0.6) is 0 Å². The van der Waals surface area contributed by atoms with E-state index in [4.69, 9.17) is 9.94 Å². The summed E-state index contributed by atoms with van der Waals surface area (Å²) < 4.78 is 15.5. The Hall–Kier alpha value is -1.80. The number of alkyl halides is 1. The first-order valence-electron chi connectivity index (χ1n) is 12.0. The van der Waals surface area contributed by atoms with Crippen LogP contribution in [0, 0.1) is 18.8 Å². The van der Waals surface area contributed by atoms with Crippen molar-refractivity contribution in [2.45, 2.75) is 83.2 Å². The van der Waals surface area contributed by atoms with Crippen LogP contribution < -0.4 is 10.5 Å². The van der Waals surface area contributed by atoms with Crippen LogP contribution in [-0.4, -0.2) is 52.2 Å². The van der Waals surface area contributed by atoms with E-state index in [9.17, 15) is 9.18 Å². The molecule has 4 aliphatic rings. The standard InChI is InChI=1S/C23H33FN4O3/c1-14-17(23(30)28-9-2-3-19(29)22(28)25-14)8-12-27-10-6-15(7-11-27)21-18-5-4-16(24)13-20(18)31-26-21/h15-16,18-20,29H,2-13H2,1H3/p+2. The lowest BCUT2D eigenvalue weighted by Gasteiger charge is -2.34. The second-order valence-electron chi connectivity index (χ2n) is 9.81. The SMILES string of the molecule is Cc1[nH+]c2n(c(=O)c1CCN1CCC(C3=NOC4CC(F)CCC34)CC1)CCCC2[OH2+]. The number of likely N-dealkylation sites (tertiary alicyclic amines) is 1. The van der Waals surface area contributed by atoms with Crippen LogP contribution in [0.15, 0.2) is 9.95 Å². The molecule has 4 unspecified atom stereocenters. The lowest BCUT2D eigenvalue weighted by molar-refractivity contribution is -0.420. The van der Waals surface area contributed by atoms with Gasteiger partial charge in [0.2, 0.25) is 0 Å². The molecular formula is C23H35FN4O3+2. The van der Waals surface area contributed by atoms with Crippen LogP contribution in [0.4, 0.5) is 4.39 Å². The zero-order chi connectivity index (χ0) is 21.5. The predicted octanol–water partition coefficient (Wildman–Crippen LogP) is 1.68. The molecule has 31 heavy (non-hydrogen) atoms. The number of rotatable bonds is 4. The summed E-state index contributed by atoms with van der Waals surface area (Å²) in [6.45, 7) is 5.55. The minimum Gasteiger partial charge on any atom is -0.434 e. The molecule has 0 radical (unpaired) electrons. The van der Waals surface area contributed by atoms with E-state index in [2.05, 4.69) is 15.0 Å². The van der Waals surface area contributed by atoms with E-state index < -0.39 is 6.17 Å². The third-order valence-electron chi connectivity index (χ3n) is 7.85. The van der Waals surface area contributed by atoms with Gasteiger partial charge in [-0.1, -0.05) is 5.16 Å². The molecule has 4 atom stereocenters. The number of halogens is 1. The maximum atomic E-state index is 13.7. The van der Waals surface area contributed by atoms with E-state index in [1.807, 2.05) is 6.92 Å². The lowest BCUT2D eigenvalue weighted by Crippen LogP contribution is -2.43. The van der Waals surface area contributed by atoms with E-state index in [-0.39, 0.29) is 17.8 Å². The summed E-state index contributed by atoms with van der Waals surface area (Å²) in [5.74, 6) is 1.52. The molecule has 0 aromatic carbocycles. The molecule has 170 valence electrons. The van der Waals surface area contributed by atoms with Crippen molar-refractivity contribution >= 4 is 5.71 Å². The Morgan fingerprint density at radius 2 is 2.00 bits per heavy atom. The third kappa shape index (κ3) is 4.04. The molecular weight excluding hydrogens is 399 g/mol. The number of oxime groups is 1. The van der Waals surface area contributed by atoms with Gasteiger partial charge in [-0.2, -0.15) is 4.57 Å². The molecule has 7 nitrogen and oxygen atoms in total. The molecule has 0 bridgehead atoms. The highest BCUT2D eigenvalue weighted by molar-refractivity contribution is 5.90. The van der Waals surface area contributed by atoms with Gasteiger partial charge in [0.05, 0.1) is 17.8 Å². The molecule has 1 aromatic rings. The zero-order valence-electron chi connectivity index (χ0n) is 18.4. The fourth-order valence-electron chi connectivity index (χ4n) is 5.98. The highest BCUT2D eigenvalue weighted by atomic mass is 19.1. The van der Waals surface area contributed by atoms with Gasteiger partial charge in [0.25, 0.3) is 6.10 Å². The molecule has 1 aromatic heterocycles. The monoisotopic (exact) mass is 434 g/mol. The molecule has 1 saturated heterocycles. The highest BCUT2D eigenvalue weighted by Gasteiger charge is 2.43. The topological polar surface area (TPSA) is 83.9 Å². The number of aromatic amines is 1. The zero-order valence-corrected chi connectivity index (χ0v) is 18.4. The second kappa shape index (κ2) is 8.62. The number of nitrogens with zero attached hydrogens (tertiary/aromatic N) is 3. The maximum Gasteiger partial charge on any atom is 0.341 e. The summed E-state index contributed by atoms with van der Waals surface area (Å²) in [6.07, 6.45) is 5.44. The number of fused-ring (bicyclic) bond motifs is 2. The number of hydrogen-bond donors (Lipinski definition) is 0.